The number of aromatic nitrogens is 3. The van der Waals surface area contributed by atoms with Gasteiger partial charge in [-0.2, -0.15) is 5.10 Å². The first-order chi connectivity index (χ1) is 12.5. The summed E-state index contributed by atoms with van der Waals surface area (Å²) in [7, 11) is -3.88. The first-order valence-electron chi connectivity index (χ1n) is 7.60. The maximum absolute atomic E-state index is 12.8. The number of hydrogen-bond donors (Lipinski definition) is 1. The van der Waals surface area contributed by atoms with E-state index in [0.717, 1.165) is 0 Å². The molecule has 1 aliphatic rings. The van der Waals surface area contributed by atoms with Crippen molar-refractivity contribution in [3.63, 3.8) is 0 Å². The molecule has 0 spiro atoms. The summed E-state index contributed by atoms with van der Waals surface area (Å²) >= 11 is 6.23. The number of halogens is 1. The van der Waals surface area contributed by atoms with Gasteiger partial charge in [0, 0.05) is 6.07 Å². The van der Waals surface area contributed by atoms with Gasteiger partial charge in [0.1, 0.15) is 31.6 Å². The largest absolute Gasteiger partial charge is 0.486 e. The Morgan fingerprint density at radius 1 is 1.12 bits per heavy atom. The highest BCUT2D eigenvalue weighted by atomic mass is 35.5. The van der Waals surface area contributed by atoms with Crippen LogP contribution in [0, 0.1) is 0 Å². The fourth-order valence-corrected chi connectivity index (χ4v) is 3.89. The van der Waals surface area contributed by atoms with Gasteiger partial charge in [-0.3, -0.25) is 4.72 Å². The molecule has 2 heterocycles. The second-order valence-electron chi connectivity index (χ2n) is 5.39. The summed E-state index contributed by atoms with van der Waals surface area (Å²) in [6.07, 6.45) is 2.77. The maximum atomic E-state index is 12.8. The van der Waals surface area contributed by atoms with Crippen molar-refractivity contribution in [1.29, 1.82) is 0 Å². The Labute approximate surface area is 154 Å². The van der Waals surface area contributed by atoms with Crippen LogP contribution in [-0.4, -0.2) is 36.4 Å². The van der Waals surface area contributed by atoms with Crippen molar-refractivity contribution in [2.24, 2.45) is 0 Å². The Kier molecular flexibility index (Phi) is 4.17. The van der Waals surface area contributed by atoms with E-state index in [1.165, 1.54) is 29.5 Å². The first kappa shape index (κ1) is 16.7. The Hall–Kier alpha value is -2.78. The summed E-state index contributed by atoms with van der Waals surface area (Å²) in [6, 6.07) is 9.33. The van der Waals surface area contributed by atoms with E-state index in [4.69, 9.17) is 21.1 Å². The molecule has 0 radical (unpaired) electrons. The third kappa shape index (κ3) is 3.06. The van der Waals surface area contributed by atoms with E-state index in [9.17, 15) is 8.42 Å². The van der Waals surface area contributed by atoms with Crippen molar-refractivity contribution >= 4 is 27.3 Å². The van der Waals surface area contributed by atoms with E-state index in [1.54, 1.807) is 24.3 Å². The minimum absolute atomic E-state index is 0.0475. The van der Waals surface area contributed by atoms with Gasteiger partial charge in [0.2, 0.25) is 0 Å². The van der Waals surface area contributed by atoms with Gasteiger partial charge in [-0.15, -0.1) is 0 Å². The van der Waals surface area contributed by atoms with Gasteiger partial charge in [-0.25, -0.2) is 18.1 Å². The molecule has 8 nitrogen and oxygen atoms in total. The summed E-state index contributed by atoms with van der Waals surface area (Å²) < 4.78 is 40.5. The number of rotatable bonds is 4. The Morgan fingerprint density at radius 2 is 1.92 bits per heavy atom. The maximum Gasteiger partial charge on any atom is 0.262 e. The highest BCUT2D eigenvalue weighted by molar-refractivity contribution is 7.92. The van der Waals surface area contributed by atoms with E-state index in [0.29, 0.717) is 35.4 Å². The summed E-state index contributed by atoms with van der Waals surface area (Å²) in [5, 5.41) is 4.35. The van der Waals surface area contributed by atoms with Gasteiger partial charge >= 0.3 is 0 Å². The zero-order chi connectivity index (χ0) is 18.1. The summed E-state index contributed by atoms with van der Waals surface area (Å²) in [6.45, 7) is 0.801. The normalized spacial score (nSPS) is 13.4. The molecule has 0 fully saturated rings. The molecule has 134 valence electrons. The van der Waals surface area contributed by atoms with Crippen LogP contribution < -0.4 is 14.2 Å². The molecule has 10 heteroatoms. The Balaban J connectivity index is 1.72. The molecule has 1 N–H and O–H groups in total. The topological polar surface area (TPSA) is 95.3 Å². The van der Waals surface area contributed by atoms with Crippen LogP contribution >= 0.6 is 11.6 Å². The molecule has 0 saturated heterocycles. The van der Waals surface area contributed by atoms with E-state index in [1.807, 2.05) is 0 Å². The molecule has 1 aliphatic heterocycles. The molecule has 0 atom stereocenters. The van der Waals surface area contributed by atoms with E-state index in [-0.39, 0.29) is 10.6 Å². The zero-order valence-electron chi connectivity index (χ0n) is 13.3. The number of para-hydroxylation sites is 1. The molecule has 3 aromatic rings. The van der Waals surface area contributed by atoms with Crippen LogP contribution in [0.15, 0.2) is 53.9 Å². The number of anilines is 1. The molecule has 0 amide bonds. The quantitative estimate of drug-likeness (QED) is 0.732. The van der Waals surface area contributed by atoms with Crippen LogP contribution in [0.3, 0.4) is 0 Å². The summed E-state index contributed by atoms with van der Waals surface area (Å²) in [5.41, 5.74) is 0.658. The van der Waals surface area contributed by atoms with Crippen molar-refractivity contribution in [1.82, 2.24) is 14.8 Å². The Bertz CT molecular complexity index is 1050. The molecule has 0 aliphatic carbocycles. The Morgan fingerprint density at radius 3 is 2.69 bits per heavy atom. The second-order valence-corrected chi connectivity index (χ2v) is 7.48. The van der Waals surface area contributed by atoms with Gasteiger partial charge in [0.25, 0.3) is 10.0 Å². The second kappa shape index (κ2) is 6.50. The molecular weight excluding hydrogens is 380 g/mol. The third-order valence-corrected chi connectivity index (χ3v) is 5.37. The van der Waals surface area contributed by atoms with Crippen molar-refractivity contribution in [2.45, 2.75) is 4.90 Å². The number of nitrogens with one attached hydrogen (secondary N) is 1. The van der Waals surface area contributed by atoms with Crippen LogP contribution in [0.5, 0.6) is 11.5 Å². The smallest absolute Gasteiger partial charge is 0.262 e. The molecule has 0 bridgehead atoms. The van der Waals surface area contributed by atoms with Gasteiger partial charge in [0.05, 0.1) is 15.6 Å². The molecule has 0 unspecified atom stereocenters. The molecular formula is C16H13ClN4O4S. The monoisotopic (exact) mass is 392 g/mol. The van der Waals surface area contributed by atoms with Crippen LogP contribution in [0.2, 0.25) is 5.02 Å². The van der Waals surface area contributed by atoms with Crippen LogP contribution in [0.25, 0.3) is 5.69 Å². The first-order valence-corrected chi connectivity index (χ1v) is 9.47. The van der Waals surface area contributed by atoms with Crippen molar-refractivity contribution in [3.8, 4) is 17.2 Å². The molecule has 4 rings (SSSR count). The van der Waals surface area contributed by atoms with Gasteiger partial charge in [-0.05, 0) is 24.3 Å². The summed E-state index contributed by atoms with van der Waals surface area (Å²) in [4.78, 5) is 3.92. The number of benzene rings is 2. The van der Waals surface area contributed by atoms with E-state index in [2.05, 4.69) is 14.8 Å². The molecule has 1 aromatic heterocycles. The highest BCUT2D eigenvalue weighted by Crippen LogP contribution is 2.34. The van der Waals surface area contributed by atoms with Crippen LogP contribution in [0.4, 0.5) is 5.69 Å². The average Bonchev–Trinajstić information content (AvgIpc) is 3.15. The average molecular weight is 393 g/mol. The lowest BCUT2D eigenvalue weighted by Gasteiger charge is -2.19. The van der Waals surface area contributed by atoms with E-state index >= 15 is 0 Å². The molecule has 0 saturated carbocycles. The summed E-state index contributed by atoms with van der Waals surface area (Å²) in [5.74, 6) is 0.906. The predicted molar refractivity (Wildman–Crippen MR) is 94.6 cm³/mol. The molecule has 26 heavy (non-hydrogen) atoms. The fraction of sp³-hybridized carbons (Fsp3) is 0.125. The number of fused-ring (bicyclic) bond motifs is 1. The lowest BCUT2D eigenvalue weighted by Crippen LogP contribution is -2.18. The third-order valence-electron chi connectivity index (χ3n) is 3.70. The predicted octanol–water partition coefficient (Wildman–Crippen LogP) is 2.49. The minimum atomic E-state index is -3.88. The van der Waals surface area contributed by atoms with Crippen LogP contribution in [0.1, 0.15) is 0 Å². The van der Waals surface area contributed by atoms with Crippen molar-refractivity contribution in [2.75, 3.05) is 17.9 Å². The lowest BCUT2D eigenvalue weighted by atomic mass is 10.3. The fourth-order valence-electron chi connectivity index (χ4n) is 2.55. The van der Waals surface area contributed by atoms with Crippen molar-refractivity contribution < 1.29 is 17.9 Å². The number of nitrogens with zero attached hydrogens (tertiary/aromatic N) is 3. The standard InChI is InChI=1S/C16H13ClN4O4S/c17-12-2-1-3-13(16(12)21-10-18-9-19-21)20-26(22,23)11-4-5-14-15(8-11)25-7-6-24-14/h1-5,8-10,20H,6-7H2. The van der Waals surface area contributed by atoms with Gasteiger partial charge in [-0.1, -0.05) is 17.7 Å². The SMILES string of the molecule is O=S(=O)(Nc1cccc(Cl)c1-n1cncn1)c1ccc2c(c1)OCCO2. The molecule has 2 aromatic carbocycles. The van der Waals surface area contributed by atoms with Crippen molar-refractivity contribution in [3.05, 3.63) is 54.1 Å². The zero-order valence-corrected chi connectivity index (χ0v) is 14.9. The van der Waals surface area contributed by atoms with Gasteiger partial charge < -0.3 is 9.47 Å². The number of sulfonamides is 1. The highest BCUT2D eigenvalue weighted by Gasteiger charge is 2.21. The lowest BCUT2D eigenvalue weighted by molar-refractivity contribution is 0.171. The number of ether oxygens (including phenoxy) is 2. The van der Waals surface area contributed by atoms with E-state index < -0.39 is 10.0 Å². The van der Waals surface area contributed by atoms with Gasteiger partial charge in [0.15, 0.2) is 11.5 Å². The minimum Gasteiger partial charge on any atom is -0.486 e. The van der Waals surface area contributed by atoms with Crippen LogP contribution in [-0.2, 0) is 10.0 Å². The number of hydrogen-bond acceptors (Lipinski definition) is 6.